The third-order valence-electron chi connectivity index (χ3n) is 4.21. The van der Waals surface area contributed by atoms with Gasteiger partial charge in [-0.3, -0.25) is 4.99 Å². The third kappa shape index (κ3) is 8.89. The number of nitrogens with one attached hydrogen (secondary N) is 2. The first-order valence-corrected chi connectivity index (χ1v) is 9.23. The van der Waals surface area contributed by atoms with Gasteiger partial charge in [-0.1, -0.05) is 36.8 Å². The van der Waals surface area contributed by atoms with Gasteiger partial charge in [0.2, 0.25) is 0 Å². The summed E-state index contributed by atoms with van der Waals surface area (Å²) in [6, 6.07) is 8.67. The number of aryl methyl sites for hydroxylation is 1. The van der Waals surface area contributed by atoms with Gasteiger partial charge >= 0.3 is 0 Å². The fourth-order valence-electron chi connectivity index (χ4n) is 2.66. The van der Waals surface area contributed by atoms with Gasteiger partial charge in [-0.05, 0) is 45.8 Å². The Kier molecular flexibility index (Phi) is 10.2. The van der Waals surface area contributed by atoms with Crippen molar-refractivity contribution in [1.29, 1.82) is 0 Å². The molecule has 1 rings (SSSR count). The summed E-state index contributed by atoms with van der Waals surface area (Å²) in [5, 5.41) is 6.81. The first-order valence-electron chi connectivity index (χ1n) is 9.23. The maximum atomic E-state index is 5.82. The highest BCUT2D eigenvalue weighted by Gasteiger charge is 2.11. The molecule has 0 heterocycles. The summed E-state index contributed by atoms with van der Waals surface area (Å²) in [5.74, 6) is 1.25. The van der Waals surface area contributed by atoms with Crippen LogP contribution in [0.3, 0.4) is 0 Å². The van der Waals surface area contributed by atoms with E-state index in [2.05, 4.69) is 72.7 Å². The zero-order valence-electron chi connectivity index (χ0n) is 16.8. The molecule has 0 radical (unpaired) electrons. The van der Waals surface area contributed by atoms with Gasteiger partial charge in [0.15, 0.2) is 5.96 Å². The highest BCUT2D eigenvalue weighted by Crippen LogP contribution is 2.15. The molecule has 0 saturated carbocycles. The number of ether oxygens (including phenoxy) is 1. The second-order valence-electron chi connectivity index (χ2n) is 6.82. The summed E-state index contributed by atoms with van der Waals surface area (Å²) >= 11 is 0. The van der Waals surface area contributed by atoms with E-state index in [4.69, 9.17) is 4.74 Å². The number of hydrogen-bond donors (Lipinski definition) is 2. The van der Waals surface area contributed by atoms with Crippen molar-refractivity contribution in [3.8, 4) is 0 Å². The molecule has 2 unspecified atom stereocenters. The molecule has 0 aromatic heterocycles. The van der Waals surface area contributed by atoms with Crippen molar-refractivity contribution in [1.82, 2.24) is 15.5 Å². The standard InChI is InChI=1S/C20H36N4O/c1-7-25-19(11-12-24(5)6)15-23-20(21-4)22-14-17(3)18-10-8-9-16(2)13-18/h8-10,13,17,19H,7,11-12,14-15H2,1-6H3,(H2,21,22,23). The highest BCUT2D eigenvalue weighted by molar-refractivity contribution is 5.79. The lowest BCUT2D eigenvalue weighted by Gasteiger charge is -2.22. The maximum absolute atomic E-state index is 5.82. The lowest BCUT2D eigenvalue weighted by Crippen LogP contribution is -2.43. The molecule has 5 nitrogen and oxygen atoms in total. The van der Waals surface area contributed by atoms with Gasteiger partial charge in [-0.25, -0.2) is 0 Å². The molecule has 0 fully saturated rings. The number of guanidine groups is 1. The smallest absolute Gasteiger partial charge is 0.191 e. The third-order valence-corrected chi connectivity index (χ3v) is 4.21. The van der Waals surface area contributed by atoms with Gasteiger partial charge in [0.1, 0.15) is 0 Å². The average Bonchev–Trinajstić information content (AvgIpc) is 2.59. The zero-order valence-corrected chi connectivity index (χ0v) is 16.8. The number of hydrogen-bond acceptors (Lipinski definition) is 3. The Morgan fingerprint density at radius 1 is 1.24 bits per heavy atom. The molecular weight excluding hydrogens is 312 g/mol. The Morgan fingerprint density at radius 3 is 2.56 bits per heavy atom. The van der Waals surface area contributed by atoms with Crippen LogP contribution in [0.2, 0.25) is 0 Å². The van der Waals surface area contributed by atoms with Gasteiger partial charge in [0.25, 0.3) is 0 Å². The monoisotopic (exact) mass is 348 g/mol. The normalized spacial score (nSPS) is 14.4. The van der Waals surface area contributed by atoms with Crippen LogP contribution in [-0.2, 0) is 4.74 Å². The van der Waals surface area contributed by atoms with Crippen LogP contribution < -0.4 is 10.6 Å². The van der Waals surface area contributed by atoms with Crippen molar-refractivity contribution in [3.63, 3.8) is 0 Å². The summed E-state index contributed by atoms with van der Waals surface area (Å²) in [6.45, 7) is 9.76. The Balaban J connectivity index is 2.44. The largest absolute Gasteiger partial charge is 0.377 e. The van der Waals surface area contributed by atoms with E-state index >= 15 is 0 Å². The molecule has 2 N–H and O–H groups in total. The van der Waals surface area contributed by atoms with Crippen molar-refractivity contribution in [3.05, 3.63) is 35.4 Å². The molecule has 142 valence electrons. The summed E-state index contributed by atoms with van der Waals surface area (Å²) in [5.41, 5.74) is 2.65. The second kappa shape index (κ2) is 11.9. The zero-order chi connectivity index (χ0) is 18.7. The molecule has 0 bridgehead atoms. The fraction of sp³-hybridized carbons (Fsp3) is 0.650. The molecule has 1 aromatic rings. The van der Waals surface area contributed by atoms with Crippen molar-refractivity contribution < 1.29 is 4.74 Å². The quantitative estimate of drug-likeness (QED) is 0.504. The molecule has 0 saturated heterocycles. The highest BCUT2D eigenvalue weighted by atomic mass is 16.5. The van der Waals surface area contributed by atoms with Crippen LogP contribution >= 0.6 is 0 Å². The second-order valence-corrected chi connectivity index (χ2v) is 6.82. The van der Waals surface area contributed by atoms with Gasteiger partial charge in [-0.15, -0.1) is 0 Å². The summed E-state index contributed by atoms with van der Waals surface area (Å²) in [4.78, 5) is 6.51. The number of nitrogens with zero attached hydrogens (tertiary/aromatic N) is 2. The number of benzene rings is 1. The first-order chi connectivity index (χ1) is 12.0. The van der Waals surface area contributed by atoms with Gasteiger partial charge < -0.3 is 20.3 Å². The summed E-state index contributed by atoms with van der Waals surface area (Å²) in [6.07, 6.45) is 1.20. The predicted molar refractivity (Wildman–Crippen MR) is 108 cm³/mol. The van der Waals surface area contributed by atoms with Crippen LogP contribution in [0.1, 0.15) is 37.3 Å². The molecule has 25 heavy (non-hydrogen) atoms. The Labute approximate surface area is 153 Å². The molecule has 1 aromatic carbocycles. The van der Waals surface area contributed by atoms with Gasteiger partial charge in [-0.2, -0.15) is 0 Å². The van der Waals surface area contributed by atoms with E-state index in [9.17, 15) is 0 Å². The molecule has 0 amide bonds. The minimum atomic E-state index is 0.195. The van der Waals surface area contributed by atoms with Crippen LogP contribution in [0.15, 0.2) is 29.3 Å². The van der Waals surface area contributed by atoms with Crippen LogP contribution in [0, 0.1) is 6.92 Å². The van der Waals surface area contributed by atoms with Crippen molar-refractivity contribution in [2.24, 2.45) is 4.99 Å². The molecule has 2 atom stereocenters. The topological polar surface area (TPSA) is 48.9 Å². The van der Waals surface area contributed by atoms with E-state index in [1.807, 2.05) is 14.0 Å². The molecule has 5 heteroatoms. The minimum absolute atomic E-state index is 0.195. The van der Waals surface area contributed by atoms with E-state index in [1.54, 1.807) is 0 Å². The Morgan fingerprint density at radius 2 is 1.96 bits per heavy atom. The van der Waals surface area contributed by atoms with E-state index in [0.29, 0.717) is 5.92 Å². The minimum Gasteiger partial charge on any atom is -0.377 e. The number of aliphatic imine (C=N–C) groups is 1. The molecule has 0 aliphatic carbocycles. The van der Waals surface area contributed by atoms with Crippen LogP contribution in [0.25, 0.3) is 0 Å². The Bertz CT molecular complexity index is 516. The maximum Gasteiger partial charge on any atom is 0.191 e. The SMILES string of the molecule is CCOC(CCN(C)C)CNC(=NC)NCC(C)c1cccc(C)c1. The van der Waals surface area contributed by atoms with Crippen molar-refractivity contribution in [2.45, 2.75) is 39.2 Å². The lowest BCUT2D eigenvalue weighted by molar-refractivity contribution is 0.0548. The fourth-order valence-corrected chi connectivity index (χ4v) is 2.66. The predicted octanol–water partition coefficient (Wildman–Crippen LogP) is 2.62. The van der Waals surface area contributed by atoms with E-state index in [0.717, 1.165) is 38.6 Å². The van der Waals surface area contributed by atoms with Gasteiger partial charge in [0, 0.05) is 33.3 Å². The molecule has 0 spiro atoms. The van der Waals surface area contributed by atoms with Crippen LogP contribution in [0.4, 0.5) is 0 Å². The Hall–Kier alpha value is -1.59. The molecule has 0 aliphatic rings. The average molecular weight is 349 g/mol. The summed E-state index contributed by atoms with van der Waals surface area (Å²) in [7, 11) is 5.98. The molecular formula is C20H36N4O. The van der Waals surface area contributed by atoms with Crippen LogP contribution in [0.5, 0.6) is 0 Å². The molecule has 0 aliphatic heterocycles. The first kappa shape index (κ1) is 21.5. The summed E-state index contributed by atoms with van der Waals surface area (Å²) < 4.78 is 5.82. The van der Waals surface area contributed by atoms with E-state index < -0.39 is 0 Å². The van der Waals surface area contributed by atoms with Crippen molar-refractivity contribution in [2.75, 3.05) is 47.4 Å². The van der Waals surface area contributed by atoms with Crippen molar-refractivity contribution >= 4 is 5.96 Å². The number of rotatable bonds is 10. The van der Waals surface area contributed by atoms with E-state index in [1.165, 1.54) is 11.1 Å². The van der Waals surface area contributed by atoms with Gasteiger partial charge in [0.05, 0.1) is 6.10 Å². The lowest BCUT2D eigenvalue weighted by atomic mass is 9.99. The van der Waals surface area contributed by atoms with Crippen LogP contribution in [-0.4, -0.2) is 64.3 Å². The van der Waals surface area contributed by atoms with E-state index in [-0.39, 0.29) is 6.10 Å².